The second kappa shape index (κ2) is 9.90. The van der Waals surface area contributed by atoms with Gasteiger partial charge in [-0.25, -0.2) is 9.72 Å². The first kappa shape index (κ1) is 24.3. The highest BCUT2D eigenvalue weighted by Crippen LogP contribution is 2.42. The molecule has 0 spiro atoms. The SMILES string of the molecule is CC(C)(C)/[N+]([O-])=C/c1nc(-c2ccccc2)cn1C(c1ccccc1)(c1ccccc1)c1ccccc1. The zero-order valence-corrected chi connectivity index (χ0v) is 21.5. The van der Waals surface area contributed by atoms with Gasteiger partial charge < -0.3 is 9.77 Å². The molecule has 1 aromatic heterocycles. The molecule has 0 bridgehead atoms. The molecule has 4 heteroatoms. The number of hydroxylamine groups is 1. The standard InChI is InChI=1S/C33H31N3O/c1-32(2,3)36(37)25-31-34-30(26-16-8-4-9-17-26)24-35(31)33(27-18-10-5-11-19-27,28-20-12-6-13-21-28)29-22-14-7-15-23-29/h4-25H,1-3H3/b36-25-. The normalized spacial score (nSPS) is 12.5. The fraction of sp³-hybridized carbons (Fsp3) is 0.152. The van der Waals surface area contributed by atoms with Crippen molar-refractivity contribution in [3.05, 3.63) is 155 Å². The lowest BCUT2D eigenvalue weighted by molar-refractivity contribution is -0.530. The molecular weight excluding hydrogens is 454 g/mol. The third-order valence-corrected chi connectivity index (χ3v) is 6.63. The molecule has 5 rings (SSSR count). The Morgan fingerprint density at radius 3 is 1.46 bits per heavy atom. The van der Waals surface area contributed by atoms with Crippen LogP contribution in [0, 0.1) is 5.21 Å². The Hall–Kier alpha value is -4.44. The highest BCUT2D eigenvalue weighted by molar-refractivity contribution is 5.75. The van der Waals surface area contributed by atoms with Crippen molar-refractivity contribution in [2.45, 2.75) is 31.8 Å². The Morgan fingerprint density at radius 1 is 0.649 bits per heavy atom. The predicted molar refractivity (Wildman–Crippen MR) is 151 cm³/mol. The van der Waals surface area contributed by atoms with E-state index < -0.39 is 11.1 Å². The van der Waals surface area contributed by atoms with Gasteiger partial charge in [-0.3, -0.25) is 0 Å². The number of hydrogen-bond donors (Lipinski definition) is 0. The van der Waals surface area contributed by atoms with E-state index in [0.717, 1.165) is 32.7 Å². The van der Waals surface area contributed by atoms with Crippen LogP contribution in [0.15, 0.2) is 128 Å². The monoisotopic (exact) mass is 485 g/mol. The number of nitrogens with zero attached hydrogens (tertiary/aromatic N) is 3. The lowest BCUT2D eigenvalue weighted by Crippen LogP contribution is -2.39. The third kappa shape index (κ3) is 4.58. The van der Waals surface area contributed by atoms with Gasteiger partial charge in [-0.05, 0) is 16.7 Å². The second-order valence-electron chi connectivity index (χ2n) is 10.2. The van der Waals surface area contributed by atoms with E-state index in [2.05, 4.69) is 83.6 Å². The molecule has 0 aliphatic carbocycles. The van der Waals surface area contributed by atoms with E-state index in [1.165, 1.54) is 0 Å². The molecule has 0 radical (unpaired) electrons. The minimum Gasteiger partial charge on any atom is -0.623 e. The molecule has 0 aliphatic rings. The van der Waals surface area contributed by atoms with Gasteiger partial charge in [0.05, 0.1) is 5.69 Å². The summed E-state index contributed by atoms with van der Waals surface area (Å²) in [6.45, 7) is 5.71. The zero-order valence-electron chi connectivity index (χ0n) is 21.5. The van der Waals surface area contributed by atoms with Gasteiger partial charge in [-0.2, -0.15) is 0 Å². The highest BCUT2D eigenvalue weighted by atomic mass is 16.5. The van der Waals surface area contributed by atoms with Gasteiger partial charge in [0.2, 0.25) is 12.0 Å². The van der Waals surface area contributed by atoms with E-state index in [9.17, 15) is 5.21 Å². The van der Waals surface area contributed by atoms with E-state index in [1.807, 2.05) is 69.3 Å². The average molecular weight is 486 g/mol. The lowest BCUT2D eigenvalue weighted by atomic mass is 9.76. The van der Waals surface area contributed by atoms with Crippen molar-refractivity contribution in [1.29, 1.82) is 0 Å². The summed E-state index contributed by atoms with van der Waals surface area (Å²) in [5.74, 6) is 0.584. The van der Waals surface area contributed by atoms with Crippen LogP contribution in [-0.2, 0) is 5.54 Å². The Bertz CT molecular complexity index is 1390. The summed E-state index contributed by atoms with van der Waals surface area (Å²) < 4.78 is 3.15. The van der Waals surface area contributed by atoms with Gasteiger partial charge in [0.25, 0.3) is 0 Å². The maximum absolute atomic E-state index is 13.3. The van der Waals surface area contributed by atoms with Gasteiger partial charge >= 0.3 is 0 Å². The highest BCUT2D eigenvalue weighted by Gasteiger charge is 2.40. The molecule has 0 unspecified atom stereocenters. The molecule has 0 N–H and O–H groups in total. The smallest absolute Gasteiger partial charge is 0.218 e. The van der Waals surface area contributed by atoms with Crippen LogP contribution in [0.4, 0.5) is 0 Å². The van der Waals surface area contributed by atoms with E-state index >= 15 is 0 Å². The molecule has 1 heterocycles. The average Bonchev–Trinajstić information content (AvgIpc) is 3.35. The first-order valence-electron chi connectivity index (χ1n) is 12.5. The van der Waals surface area contributed by atoms with Gasteiger partial charge in [0, 0.05) is 32.5 Å². The van der Waals surface area contributed by atoms with Crippen LogP contribution in [0.25, 0.3) is 11.3 Å². The Balaban J connectivity index is 1.93. The molecule has 37 heavy (non-hydrogen) atoms. The quantitative estimate of drug-likeness (QED) is 0.0845. The first-order chi connectivity index (χ1) is 17.9. The summed E-state index contributed by atoms with van der Waals surface area (Å²) in [7, 11) is 0. The first-order valence-corrected chi connectivity index (χ1v) is 12.5. The van der Waals surface area contributed by atoms with Crippen molar-refractivity contribution in [2.75, 3.05) is 0 Å². The largest absolute Gasteiger partial charge is 0.623 e. The molecule has 0 fully saturated rings. The minimum atomic E-state index is -0.769. The van der Waals surface area contributed by atoms with Crippen molar-refractivity contribution >= 4 is 6.21 Å². The number of imidazole rings is 1. The van der Waals surface area contributed by atoms with Crippen LogP contribution in [0.5, 0.6) is 0 Å². The zero-order chi connectivity index (χ0) is 25.9. The summed E-state index contributed by atoms with van der Waals surface area (Å²) in [4.78, 5) is 5.04. The summed E-state index contributed by atoms with van der Waals surface area (Å²) in [6, 6.07) is 41.4. The number of aromatic nitrogens is 2. The van der Waals surface area contributed by atoms with E-state index in [-0.39, 0.29) is 0 Å². The molecule has 0 amide bonds. The van der Waals surface area contributed by atoms with E-state index in [1.54, 1.807) is 6.21 Å². The van der Waals surface area contributed by atoms with Crippen molar-refractivity contribution in [3.8, 4) is 11.3 Å². The van der Waals surface area contributed by atoms with Gasteiger partial charge in [-0.15, -0.1) is 0 Å². The maximum atomic E-state index is 13.3. The Labute approximate surface area is 218 Å². The van der Waals surface area contributed by atoms with Crippen LogP contribution >= 0.6 is 0 Å². The van der Waals surface area contributed by atoms with Crippen molar-refractivity contribution in [3.63, 3.8) is 0 Å². The molecule has 0 atom stereocenters. The molecule has 4 aromatic carbocycles. The molecule has 184 valence electrons. The van der Waals surface area contributed by atoms with Crippen molar-refractivity contribution in [1.82, 2.24) is 9.55 Å². The number of hydrogen-bond acceptors (Lipinski definition) is 2. The summed E-state index contributed by atoms with van der Waals surface area (Å²) in [6.07, 6.45) is 3.70. The summed E-state index contributed by atoms with van der Waals surface area (Å²) in [5.41, 5.74) is 3.65. The van der Waals surface area contributed by atoms with Gasteiger partial charge in [0.1, 0.15) is 5.54 Å². The lowest BCUT2D eigenvalue weighted by Gasteiger charge is -2.38. The van der Waals surface area contributed by atoms with Crippen molar-refractivity contribution < 1.29 is 4.74 Å². The fourth-order valence-corrected chi connectivity index (χ4v) is 4.76. The van der Waals surface area contributed by atoms with Crippen molar-refractivity contribution in [2.24, 2.45) is 0 Å². The Kier molecular flexibility index (Phi) is 6.49. The molecule has 0 aliphatic heterocycles. The topological polar surface area (TPSA) is 43.9 Å². The van der Waals surface area contributed by atoms with Gasteiger partial charge in [0.15, 0.2) is 5.54 Å². The van der Waals surface area contributed by atoms with Crippen LogP contribution in [0.3, 0.4) is 0 Å². The van der Waals surface area contributed by atoms with E-state index in [4.69, 9.17) is 4.98 Å². The van der Waals surface area contributed by atoms with Crippen LogP contribution in [0.2, 0.25) is 0 Å². The van der Waals surface area contributed by atoms with E-state index in [0.29, 0.717) is 5.82 Å². The second-order valence-corrected chi connectivity index (χ2v) is 10.2. The molecule has 0 saturated heterocycles. The van der Waals surface area contributed by atoms with Crippen LogP contribution < -0.4 is 0 Å². The maximum Gasteiger partial charge on any atom is 0.218 e. The minimum absolute atomic E-state index is 0.584. The Morgan fingerprint density at radius 2 is 1.05 bits per heavy atom. The molecule has 5 aromatic rings. The summed E-state index contributed by atoms with van der Waals surface area (Å²) in [5, 5.41) is 13.3. The molecular formula is C33H31N3O. The molecule has 4 nitrogen and oxygen atoms in total. The fourth-order valence-electron chi connectivity index (χ4n) is 4.76. The van der Waals surface area contributed by atoms with Crippen LogP contribution in [0.1, 0.15) is 43.3 Å². The third-order valence-electron chi connectivity index (χ3n) is 6.63. The van der Waals surface area contributed by atoms with Gasteiger partial charge in [-0.1, -0.05) is 121 Å². The molecule has 0 saturated carbocycles. The number of rotatable bonds is 6. The van der Waals surface area contributed by atoms with Crippen LogP contribution in [-0.4, -0.2) is 26.0 Å². The summed E-state index contributed by atoms with van der Waals surface area (Å²) >= 11 is 0. The number of benzene rings is 4. The predicted octanol–water partition coefficient (Wildman–Crippen LogP) is 7.12.